The Morgan fingerprint density at radius 1 is 1.38 bits per heavy atom. The smallest absolute Gasteiger partial charge is 0.348 e. The van der Waals surface area contributed by atoms with Crippen molar-refractivity contribution >= 4 is 11.6 Å². The number of aromatic nitrogens is 3. The molecular weight excluding hydrogens is 270 g/mol. The van der Waals surface area contributed by atoms with E-state index in [0.717, 1.165) is 25.7 Å². The van der Waals surface area contributed by atoms with Gasteiger partial charge < -0.3 is 11.1 Å². The SMILES string of the molecule is NCC1(NC(=O)Cn2nc3ccccn3c2=O)CCCC1. The van der Waals surface area contributed by atoms with Crippen LogP contribution in [0.15, 0.2) is 29.2 Å². The number of carbonyl (C=O) groups excluding carboxylic acids is 1. The van der Waals surface area contributed by atoms with Gasteiger partial charge in [0, 0.05) is 12.7 Å². The van der Waals surface area contributed by atoms with E-state index in [1.165, 1.54) is 9.08 Å². The maximum Gasteiger partial charge on any atom is 0.350 e. The number of nitrogens with zero attached hydrogens (tertiary/aromatic N) is 3. The summed E-state index contributed by atoms with van der Waals surface area (Å²) in [5.74, 6) is -0.215. The highest BCUT2D eigenvalue weighted by Gasteiger charge is 2.33. The summed E-state index contributed by atoms with van der Waals surface area (Å²) in [6.07, 6.45) is 5.58. The molecule has 0 aliphatic heterocycles. The number of hydrogen-bond donors (Lipinski definition) is 2. The number of fused-ring (bicyclic) bond motifs is 1. The molecule has 2 aromatic heterocycles. The van der Waals surface area contributed by atoms with Crippen LogP contribution in [0.4, 0.5) is 0 Å². The second-order valence-corrected chi connectivity index (χ2v) is 5.61. The standard InChI is InChI=1S/C14H19N5O2/c15-10-14(6-2-3-7-14)16-12(20)9-19-13(21)18-8-4-1-5-11(18)17-19/h1,4-5,8H,2-3,6-7,9-10,15H2,(H,16,20). The van der Waals surface area contributed by atoms with E-state index in [1.807, 2.05) is 0 Å². The first-order valence-electron chi connectivity index (χ1n) is 7.19. The molecule has 3 rings (SSSR count). The number of nitrogens with one attached hydrogen (secondary N) is 1. The molecule has 2 aromatic rings. The monoisotopic (exact) mass is 289 g/mol. The van der Waals surface area contributed by atoms with Gasteiger partial charge in [0.25, 0.3) is 0 Å². The van der Waals surface area contributed by atoms with Crippen molar-refractivity contribution in [3.05, 3.63) is 34.9 Å². The molecule has 0 unspecified atom stereocenters. The third-order valence-electron chi connectivity index (χ3n) is 4.14. The molecule has 2 heterocycles. The molecule has 21 heavy (non-hydrogen) atoms. The van der Waals surface area contributed by atoms with E-state index in [4.69, 9.17) is 5.73 Å². The van der Waals surface area contributed by atoms with Gasteiger partial charge in [0.05, 0.1) is 5.54 Å². The average Bonchev–Trinajstić information content (AvgIpc) is 3.06. The minimum Gasteiger partial charge on any atom is -0.348 e. The van der Waals surface area contributed by atoms with Gasteiger partial charge in [-0.1, -0.05) is 18.9 Å². The topological polar surface area (TPSA) is 94.4 Å². The van der Waals surface area contributed by atoms with Crippen LogP contribution in [0.5, 0.6) is 0 Å². The van der Waals surface area contributed by atoms with Crippen molar-refractivity contribution in [3.63, 3.8) is 0 Å². The van der Waals surface area contributed by atoms with E-state index in [2.05, 4.69) is 10.4 Å². The highest BCUT2D eigenvalue weighted by Crippen LogP contribution is 2.28. The number of carbonyl (C=O) groups is 1. The lowest BCUT2D eigenvalue weighted by Crippen LogP contribution is -2.53. The first kappa shape index (κ1) is 13.8. The third-order valence-corrected chi connectivity index (χ3v) is 4.14. The summed E-state index contributed by atoms with van der Waals surface area (Å²) >= 11 is 0. The highest BCUT2D eigenvalue weighted by molar-refractivity contribution is 5.76. The fraction of sp³-hybridized carbons (Fsp3) is 0.500. The molecule has 0 aromatic carbocycles. The lowest BCUT2D eigenvalue weighted by molar-refractivity contribution is -0.123. The molecule has 1 aliphatic rings. The minimum atomic E-state index is -0.311. The van der Waals surface area contributed by atoms with Crippen LogP contribution in [0.2, 0.25) is 0 Å². The van der Waals surface area contributed by atoms with Crippen LogP contribution in [-0.2, 0) is 11.3 Å². The first-order chi connectivity index (χ1) is 10.1. The van der Waals surface area contributed by atoms with E-state index >= 15 is 0 Å². The van der Waals surface area contributed by atoms with E-state index in [-0.39, 0.29) is 23.7 Å². The van der Waals surface area contributed by atoms with Gasteiger partial charge in [0.15, 0.2) is 5.65 Å². The first-order valence-corrected chi connectivity index (χ1v) is 7.19. The molecule has 3 N–H and O–H groups in total. The van der Waals surface area contributed by atoms with Crippen molar-refractivity contribution in [1.29, 1.82) is 0 Å². The van der Waals surface area contributed by atoms with Crippen molar-refractivity contribution in [2.75, 3.05) is 6.54 Å². The normalized spacial score (nSPS) is 17.2. The number of rotatable bonds is 4. The zero-order valence-electron chi connectivity index (χ0n) is 11.8. The molecule has 1 fully saturated rings. The molecule has 0 atom stereocenters. The molecule has 0 saturated heterocycles. The largest absolute Gasteiger partial charge is 0.350 e. The predicted octanol–water partition coefficient (Wildman–Crippen LogP) is -0.116. The summed E-state index contributed by atoms with van der Waals surface area (Å²) in [6, 6.07) is 5.28. The molecule has 1 aliphatic carbocycles. The van der Waals surface area contributed by atoms with Gasteiger partial charge in [-0.3, -0.25) is 9.20 Å². The predicted molar refractivity (Wildman–Crippen MR) is 77.8 cm³/mol. The van der Waals surface area contributed by atoms with Crippen molar-refractivity contribution < 1.29 is 4.79 Å². The number of nitrogens with two attached hydrogens (primary N) is 1. The van der Waals surface area contributed by atoms with Gasteiger partial charge in [0.1, 0.15) is 6.54 Å². The summed E-state index contributed by atoms with van der Waals surface area (Å²) < 4.78 is 2.60. The Labute approximate surface area is 121 Å². The zero-order valence-corrected chi connectivity index (χ0v) is 11.8. The van der Waals surface area contributed by atoms with E-state index in [9.17, 15) is 9.59 Å². The fourth-order valence-corrected chi connectivity index (χ4v) is 2.97. The molecule has 7 nitrogen and oxygen atoms in total. The Kier molecular flexibility index (Phi) is 3.50. The summed E-state index contributed by atoms with van der Waals surface area (Å²) in [5.41, 5.74) is 5.71. The molecule has 0 bridgehead atoms. The van der Waals surface area contributed by atoms with E-state index in [0.29, 0.717) is 12.2 Å². The van der Waals surface area contributed by atoms with E-state index < -0.39 is 0 Å². The summed E-state index contributed by atoms with van der Waals surface area (Å²) in [4.78, 5) is 24.3. The van der Waals surface area contributed by atoms with Crippen molar-refractivity contribution in [2.24, 2.45) is 5.73 Å². The Bertz CT molecular complexity index is 711. The van der Waals surface area contributed by atoms with Crippen LogP contribution < -0.4 is 16.7 Å². The summed E-state index contributed by atoms with van der Waals surface area (Å²) in [5, 5.41) is 7.14. The molecule has 112 valence electrons. The maximum absolute atomic E-state index is 12.2. The van der Waals surface area contributed by atoms with Crippen LogP contribution >= 0.6 is 0 Å². The van der Waals surface area contributed by atoms with Crippen LogP contribution in [-0.4, -0.2) is 32.2 Å². The lowest BCUT2D eigenvalue weighted by Gasteiger charge is -2.28. The average molecular weight is 289 g/mol. The molecular formula is C14H19N5O2. The van der Waals surface area contributed by atoms with Gasteiger partial charge in [0.2, 0.25) is 5.91 Å². The van der Waals surface area contributed by atoms with Gasteiger partial charge >= 0.3 is 5.69 Å². The Morgan fingerprint density at radius 3 is 2.81 bits per heavy atom. The van der Waals surface area contributed by atoms with Crippen LogP contribution in [0.25, 0.3) is 5.65 Å². The van der Waals surface area contributed by atoms with Crippen LogP contribution in [0.1, 0.15) is 25.7 Å². The molecule has 7 heteroatoms. The Morgan fingerprint density at radius 2 is 2.14 bits per heavy atom. The summed E-state index contributed by atoms with van der Waals surface area (Å²) in [6.45, 7) is 0.348. The maximum atomic E-state index is 12.2. The number of hydrogen-bond acceptors (Lipinski definition) is 4. The Balaban J connectivity index is 1.77. The van der Waals surface area contributed by atoms with E-state index in [1.54, 1.807) is 24.4 Å². The van der Waals surface area contributed by atoms with Crippen molar-refractivity contribution in [3.8, 4) is 0 Å². The van der Waals surface area contributed by atoms with Gasteiger partial charge in [-0.2, -0.15) is 0 Å². The van der Waals surface area contributed by atoms with Gasteiger partial charge in [-0.15, -0.1) is 5.10 Å². The van der Waals surface area contributed by atoms with Gasteiger partial charge in [-0.25, -0.2) is 9.48 Å². The van der Waals surface area contributed by atoms with Crippen LogP contribution in [0.3, 0.4) is 0 Å². The number of pyridine rings is 1. The van der Waals surface area contributed by atoms with Crippen molar-refractivity contribution in [2.45, 2.75) is 37.8 Å². The molecule has 1 amide bonds. The lowest BCUT2D eigenvalue weighted by atomic mass is 9.98. The second kappa shape index (κ2) is 5.33. The molecule has 1 saturated carbocycles. The van der Waals surface area contributed by atoms with Crippen molar-refractivity contribution in [1.82, 2.24) is 19.5 Å². The summed E-state index contributed by atoms with van der Waals surface area (Å²) in [7, 11) is 0. The quantitative estimate of drug-likeness (QED) is 0.820. The minimum absolute atomic E-state index is 0.0811. The third kappa shape index (κ3) is 2.56. The highest BCUT2D eigenvalue weighted by atomic mass is 16.2. The molecule has 0 radical (unpaired) electrons. The van der Waals surface area contributed by atoms with Crippen LogP contribution in [0, 0.1) is 0 Å². The molecule has 0 spiro atoms. The van der Waals surface area contributed by atoms with Gasteiger partial charge in [-0.05, 0) is 25.0 Å². The number of amides is 1. The fourth-order valence-electron chi connectivity index (χ4n) is 2.97. The Hall–Kier alpha value is -2.15. The second-order valence-electron chi connectivity index (χ2n) is 5.61. The zero-order chi connectivity index (χ0) is 14.9.